The first kappa shape index (κ1) is 19.7. The quantitative estimate of drug-likeness (QED) is 0.724. The molecule has 1 saturated heterocycles. The maximum absolute atomic E-state index is 14.2. The minimum Gasteiger partial charge on any atom is -0.382 e. The Morgan fingerprint density at radius 1 is 1.22 bits per heavy atom. The van der Waals surface area contributed by atoms with Gasteiger partial charge in [-0.1, -0.05) is 28.1 Å². The number of amides is 1. The van der Waals surface area contributed by atoms with Crippen LogP contribution in [0.5, 0.6) is 0 Å². The lowest BCUT2D eigenvalue weighted by Crippen LogP contribution is -2.41. The fraction of sp³-hybridized carbons (Fsp3) is 0.316. The number of hydrogen-bond acceptors (Lipinski definition) is 4. The molecule has 1 amide bonds. The van der Waals surface area contributed by atoms with Crippen molar-refractivity contribution in [2.24, 2.45) is 5.73 Å². The minimum absolute atomic E-state index is 0.0998. The van der Waals surface area contributed by atoms with Crippen molar-refractivity contribution in [3.8, 4) is 0 Å². The van der Waals surface area contributed by atoms with Gasteiger partial charge in [-0.2, -0.15) is 0 Å². The van der Waals surface area contributed by atoms with Gasteiger partial charge in [-0.25, -0.2) is 8.78 Å². The van der Waals surface area contributed by atoms with Crippen molar-refractivity contribution in [3.63, 3.8) is 0 Å². The Labute approximate surface area is 164 Å². The summed E-state index contributed by atoms with van der Waals surface area (Å²) < 4.78 is 33.4. The average molecular weight is 440 g/mol. The smallest absolute Gasteiger partial charge is 0.253 e. The predicted octanol–water partition coefficient (Wildman–Crippen LogP) is 3.31. The topological polar surface area (TPSA) is 67.6 Å². The second-order valence-corrected chi connectivity index (χ2v) is 7.19. The molecular weight excluding hydrogens is 420 g/mol. The molecule has 1 fully saturated rings. The molecule has 2 aromatic carbocycles. The van der Waals surface area contributed by atoms with Crippen LogP contribution in [0.2, 0.25) is 0 Å². The fourth-order valence-corrected chi connectivity index (χ4v) is 3.63. The summed E-state index contributed by atoms with van der Waals surface area (Å²) in [4.78, 5) is 13.9. The largest absolute Gasteiger partial charge is 0.382 e. The number of morpholine rings is 1. The molecule has 3 N–H and O–H groups in total. The van der Waals surface area contributed by atoms with E-state index < -0.39 is 11.7 Å². The number of carbonyl (C=O) groups is 1. The molecular formula is C19H20BrF2N3O2. The van der Waals surface area contributed by atoms with E-state index in [-0.39, 0.29) is 17.4 Å². The molecule has 0 bridgehead atoms. The summed E-state index contributed by atoms with van der Waals surface area (Å²) in [7, 11) is 0. The van der Waals surface area contributed by atoms with E-state index in [1.165, 1.54) is 18.2 Å². The summed E-state index contributed by atoms with van der Waals surface area (Å²) in [5.74, 6) is -1.84. The van der Waals surface area contributed by atoms with Crippen molar-refractivity contribution in [1.82, 2.24) is 4.90 Å². The van der Waals surface area contributed by atoms with E-state index in [9.17, 15) is 13.6 Å². The van der Waals surface area contributed by atoms with Gasteiger partial charge < -0.3 is 15.8 Å². The highest BCUT2D eigenvalue weighted by Crippen LogP contribution is 2.27. The van der Waals surface area contributed by atoms with Gasteiger partial charge in [0.1, 0.15) is 11.6 Å². The molecule has 5 nitrogen and oxygen atoms in total. The number of hydrogen-bond donors (Lipinski definition) is 2. The van der Waals surface area contributed by atoms with Crippen molar-refractivity contribution in [2.75, 3.05) is 38.2 Å². The molecule has 0 radical (unpaired) electrons. The van der Waals surface area contributed by atoms with E-state index in [1.54, 1.807) is 18.2 Å². The third-order valence-electron chi connectivity index (χ3n) is 4.53. The van der Waals surface area contributed by atoms with Crippen LogP contribution >= 0.6 is 15.9 Å². The molecule has 1 aliphatic heterocycles. The molecule has 1 unspecified atom stereocenters. The molecule has 0 aromatic heterocycles. The van der Waals surface area contributed by atoms with Crippen LogP contribution < -0.4 is 11.1 Å². The number of rotatable bonds is 6. The Balaban J connectivity index is 1.87. The number of nitrogens with one attached hydrogen (secondary N) is 1. The summed E-state index contributed by atoms with van der Waals surface area (Å²) in [6.07, 6.45) is 0. The van der Waals surface area contributed by atoms with Gasteiger partial charge >= 0.3 is 0 Å². The fourth-order valence-electron chi connectivity index (χ4n) is 3.20. The Kier molecular flexibility index (Phi) is 6.41. The normalized spacial score (nSPS) is 16.1. The van der Waals surface area contributed by atoms with Gasteiger partial charge in [-0.15, -0.1) is 0 Å². The van der Waals surface area contributed by atoms with Gasteiger partial charge in [0.05, 0.1) is 30.5 Å². The zero-order valence-electron chi connectivity index (χ0n) is 14.6. The van der Waals surface area contributed by atoms with Gasteiger partial charge in [0.15, 0.2) is 0 Å². The standard InChI is InChI=1S/C19H20BrF2N3O2/c20-13-9-15(22)18(19(23)26)16(10-13)24-11-17(25-5-7-27-8-6-25)12-1-3-14(21)4-2-12/h1-4,9-10,17,24H,5-8,11H2,(H2,23,26). The van der Waals surface area contributed by atoms with E-state index in [0.29, 0.717) is 29.9 Å². The van der Waals surface area contributed by atoms with Crippen molar-refractivity contribution in [2.45, 2.75) is 6.04 Å². The first-order valence-corrected chi connectivity index (χ1v) is 9.35. The molecule has 1 aliphatic rings. The van der Waals surface area contributed by atoms with Crippen LogP contribution in [0.1, 0.15) is 22.0 Å². The van der Waals surface area contributed by atoms with Crippen LogP contribution in [0.4, 0.5) is 14.5 Å². The Bertz CT molecular complexity index is 811. The van der Waals surface area contributed by atoms with Crippen LogP contribution in [0.25, 0.3) is 0 Å². The second-order valence-electron chi connectivity index (χ2n) is 6.27. The summed E-state index contributed by atoms with van der Waals surface area (Å²) >= 11 is 3.23. The number of anilines is 1. The van der Waals surface area contributed by atoms with E-state index in [0.717, 1.165) is 18.7 Å². The highest BCUT2D eigenvalue weighted by molar-refractivity contribution is 9.10. The number of primary amides is 1. The monoisotopic (exact) mass is 439 g/mol. The SMILES string of the molecule is NC(=O)c1c(F)cc(Br)cc1NCC(c1ccc(F)cc1)N1CCOCC1. The molecule has 2 aromatic rings. The van der Waals surface area contributed by atoms with E-state index in [1.807, 2.05) is 0 Å². The lowest BCUT2D eigenvalue weighted by molar-refractivity contribution is 0.0187. The van der Waals surface area contributed by atoms with Gasteiger partial charge in [0.2, 0.25) is 0 Å². The minimum atomic E-state index is -0.841. The molecule has 144 valence electrons. The third kappa shape index (κ3) is 4.82. The van der Waals surface area contributed by atoms with Gasteiger partial charge in [0.25, 0.3) is 5.91 Å². The molecule has 8 heteroatoms. The van der Waals surface area contributed by atoms with E-state index >= 15 is 0 Å². The molecule has 1 heterocycles. The van der Waals surface area contributed by atoms with Crippen molar-refractivity contribution >= 4 is 27.5 Å². The van der Waals surface area contributed by atoms with Crippen molar-refractivity contribution in [3.05, 3.63) is 63.6 Å². The maximum atomic E-state index is 14.2. The zero-order valence-corrected chi connectivity index (χ0v) is 16.1. The zero-order chi connectivity index (χ0) is 19.4. The predicted molar refractivity (Wildman–Crippen MR) is 103 cm³/mol. The molecule has 1 atom stereocenters. The molecule has 0 spiro atoms. The lowest BCUT2D eigenvalue weighted by Gasteiger charge is -2.35. The molecule has 3 rings (SSSR count). The average Bonchev–Trinajstić information content (AvgIpc) is 2.63. The highest BCUT2D eigenvalue weighted by atomic mass is 79.9. The van der Waals surface area contributed by atoms with Gasteiger partial charge in [-0.05, 0) is 29.8 Å². The van der Waals surface area contributed by atoms with Crippen LogP contribution in [0.3, 0.4) is 0 Å². The first-order chi connectivity index (χ1) is 13.0. The number of benzene rings is 2. The number of nitrogens with zero attached hydrogens (tertiary/aromatic N) is 1. The highest BCUT2D eigenvalue weighted by Gasteiger charge is 2.24. The molecule has 27 heavy (non-hydrogen) atoms. The summed E-state index contributed by atoms with van der Waals surface area (Å²) in [5, 5.41) is 3.14. The summed E-state index contributed by atoms with van der Waals surface area (Å²) in [6.45, 7) is 3.05. The van der Waals surface area contributed by atoms with Crippen molar-refractivity contribution < 1.29 is 18.3 Å². The van der Waals surface area contributed by atoms with Gasteiger partial charge in [0, 0.05) is 24.1 Å². The first-order valence-electron chi connectivity index (χ1n) is 8.55. The molecule has 0 saturated carbocycles. The Hall–Kier alpha value is -2.03. The number of carbonyl (C=O) groups excluding carboxylic acids is 1. The Morgan fingerprint density at radius 2 is 1.89 bits per heavy atom. The van der Waals surface area contributed by atoms with Crippen LogP contribution in [-0.4, -0.2) is 43.7 Å². The number of ether oxygens (including phenoxy) is 1. The van der Waals surface area contributed by atoms with E-state index in [4.69, 9.17) is 10.5 Å². The van der Waals surface area contributed by atoms with Crippen molar-refractivity contribution in [1.29, 1.82) is 0 Å². The van der Waals surface area contributed by atoms with Crippen LogP contribution in [0.15, 0.2) is 40.9 Å². The number of nitrogens with two attached hydrogens (primary N) is 1. The summed E-state index contributed by atoms with van der Waals surface area (Å²) in [6, 6.07) is 9.00. The van der Waals surface area contributed by atoms with Gasteiger partial charge in [-0.3, -0.25) is 9.69 Å². The summed E-state index contributed by atoms with van der Waals surface area (Å²) in [5.41, 5.74) is 6.39. The maximum Gasteiger partial charge on any atom is 0.253 e. The Morgan fingerprint density at radius 3 is 2.52 bits per heavy atom. The number of halogens is 3. The van der Waals surface area contributed by atoms with Crippen LogP contribution in [0, 0.1) is 11.6 Å². The third-order valence-corrected chi connectivity index (χ3v) is 4.99. The van der Waals surface area contributed by atoms with E-state index in [2.05, 4.69) is 26.1 Å². The molecule has 0 aliphatic carbocycles. The lowest BCUT2D eigenvalue weighted by atomic mass is 10.0. The van der Waals surface area contributed by atoms with Crippen LogP contribution in [-0.2, 0) is 4.74 Å². The second kappa shape index (κ2) is 8.77.